The van der Waals surface area contributed by atoms with Gasteiger partial charge in [-0.1, -0.05) is 13.3 Å². The molecule has 5 rings (SSSR count). The van der Waals surface area contributed by atoms with Gasteiger partial charge in [-0.05, 0) is 18.9 Å². The fraction of sp³-hybridized carbons (Fsp3) is 0.591. The normalized spacial score (nSPS) is 18.2. The van der Waals surface area contributed by atoms with Crippen LogP contribution in [0.3, 0.4) is 0 Å². The zero-order chi connectivity index (χ0) is 25.4. The number of carbonyl (C=O) groups is 1. The van der Waals surface area contributed by atoms with Gasteiger partial charge in [0.2, 0.25) is 17.7 Å². The molecule has 194 valence electrons. The van der Waals surface area contributed by atoms with E-state index >= 15 is 0 Å². The molecule has 10 nitrogen and oxygen atoms in total. The van der Waals surface area contributed by atoms with Crippen molar-refractivity contribution in [3.8, 4) is 0 Å². The molecule has 1 saturated heterocycles. The second-order valence-corrected chi connectivity index (χ2v) is 10.1. The predicted octanol–water partition coefficient (Wildman–Crippen LogP) is 2.21. The molecule has 14 heteroatoms. The number of rotatable bonds is 7. The van der Waals surface area contributed by atoms with E-state index in [1.807, 2.05) is 9.80 Å². The fourth-order valence-electron chi connectivity index (χ4n) is 4.73. The van der Waals surface area contributed by atoms with E-state index in [1.165, 1.54) is 4.88 Å². The van der Waals surface area contributed by atoms with Crippen molar-refractivity contribution in [2.45, 2.75) is 45.5 Å². The first-order chi connectivity index (χ1) is 17.3. The van der Waals surface area contributed by atoms with Crippen molar-refractivity contribution in [3.05, 3.63) is 22.6 Å². The van der Waals surface area contributed by atoms with Crippen molar-refractivity contribution < 1.29 is 23.1 Å². The van der Waals surface area contributed by atoms with Crippen LogP contribution >= 0.6 is 11.3 Å². The van der Waals surface area contributed by atoms with Crippen molar-refractivity contribution in [2.75, 3.05) is 42.6 Å². The third-order valence-corrected chi connectivity index (χ3v) is 7.56. The minimum Gasteiger partial charge on any atom is -0.395 e. The van der Waals surface area contributed by atoms with E-state index in [0.717, 1.165) is 27.6 Å². The Kier molecular flexibility index (Phi) is 6.72. The van der Waals surface area contributed by atoms with E-state index in [1.54, 1.807) is 11.3 Å². The van der Waals surface area contributed by atoms with E-state index in [4.69, 9.17) is 15.1 Å². The van der Waals surface area contributed by atoms with Crippen molar-refractivity contribution >= 4 is 39.2 Å². The number of hydrogen-bond acceptors (Lipinski definition) is 9. The van der Waals surface area contributed by atoms with Gasteiger partial charge in [0, 0.05) is 37.6 Å². The number of carbonyl (C=O) groups excluding carboxylic acids is 1. The van der Waals surface area contributed by atoms with Crippen molar-refractivity contribution in [1.82, 2.24) is 30.0 Å². The second kappa shape index (κ2) is 9.81. The van der Waals surface area contributed by atoms with Crippen LogP contribution in [0.25, 0.3) is 10.2 Å². The summed E-state index contributed by atoms with van der Waals surface area (Å²) >= 11 is 1.59. The molecule has 1 amide bonds. The predicted molar refractivity (Wildman–Crippen MR) is 128 cm³/mol. The summed E-state index contributed by atoms with van der Waals surface area (Å²) in [4.78, 5) is 27.9. The summed E-state index contributed by atoms with van der Waals surface area (Å²) in [5, 5.41) is 19.7. The molecule has 3 aromatic heterocycles. The highest BCUT2D eigenvalue weighted by Gasteiger charge is 2.40. The first-order valence-electron chi connectivity index (χ1n) is 12.0. The van der Waals surface area contributed by atoms with Gasteiger partial charge in [0.25, 0.3) is 0 Å². The number of hydrogen-bond donors (Lipinski definition) is 2. The SMILES string of the molecule is CCCc1cc2c(N3CCn4c(nnc4C(F)(F)F)C3)nc(N3CC[C@H](C(=O)NCCO)C3)nc2s1. The Morgan fingerprint density at radius 2 is 2.06 bits per heavy atom. The van der Waals surface area contributed by atoms with Gasteiger partial charge in [-0.25, -0.2) is 4.98 Å². The maximum Gasteiger partial charge on any atom is 0.451 e. The van der Waals surface area contributed by atoms with Gasteiger partial charge < -0.3 is 24.8 Å². The molecule has 36 heavy (non-hydrogen) atoms. The van der Waals surface area contributed by atoms with Crippen LogP contribution in [0.2, 0.25) is 0 Å². The van der Waals surface area contributed by atoms with E-state index in [0.29, 0.717) is 37.8 Å². The maximum atomic E-state index is 13.3. The van der Waals surface area contributed by atoms with E-state index in [9.17, 15) is 18.0 Å². The van der Waals surface area contributed by atoms with Gasteiger partial charge in [-0.15, -0.1) is 21.5 Å². The summed E-state index contributed by atoms with van der Waals surface area (Å²) in [5.74, 6) is 0.0897. The number of nitrogens with one attached hydrogen (secondary N) is 1. The number of amides is 1. The Morgan fingerprint density at radius 3 is 2.81 bits per heavy atom. The molecule has 1 fully saturated rings. The fourth-order valence-corrected chi connectivity index (χ4v) is 5.84. The standard InChI is InChI=1S/C22H27F3N8O2S/c1-2-3-14-10-15-17(31-7-8-33-16(12-31)29-30-20(33)22(23,24)25)27-21(28-19(15)36-14)32-6-4-13(11-32)18(35)26-5-9-34/h10,13,34H,2-9,11-12H2,1H3,(H,26,35)/t13-/m0/s1. The van der Waals surface area contributed by atoms with Crippen molar-refractivity contribution in [1.29, 1.82) is 0 Å². The highest BCUT2D eigenvalue weighted by Crippen LogP contribution is 2.36. The third-order valence-electron chi connectivity index (χ3n) is 6.47. The highest BCUT2D eigenvalue weighted by atomic mass is 32.1. The van der Waals surface area contributed by atoms with E-state index < -0.39 is 12.0 Å². The number of alkyl halides is 3. The molecule has 1 atom stereocenters. The Balaban J connectivity index is 1.46. The lowest BCUT2D eigenvalue weighted by Crippen LogP contribution is -2.36. The smallest absolute Gasteiger partial charge is 0.395 e. The number of nitrogens with zero attached hydrogens (tertiary/aromatic N) is 7. The molecule has 0 spiro atoms. The number of fused-ring (bicyclic) bond motifs is 2. The van der Waals surface area contributed by atoms with Crippen LogP contribution in [-0.4, -0.2) is 68.5 Å². The van der Waals surface area contributed by atoms with Gasteiger partial charge in [0.05, 0.1) is 24.5 Å². The summed E-state index contributed by atoms with van der Waals surface area (Å²) in [6.07, 6.45) is -2.03. The summed E-state index contributed by atoms with van der Waals surface area (Å²) in [6, 6.07) is 2.07. The van der Waals surface area contributed by atoms with Crippen LogP contribution in [0, 0.1) is 5.92 Å². The van der Waals surface area contributed by atoms with Crippen molar-refractivity contribution in [2.24, 2.45) is 5.92 Å². The summed E-state index contributed by atoms with van der Waals surface area (Å²) < 4.78 is 41.0. The summed E-state index contributed by atoms with van der Waals surface area (Å²) in [7, 11) is 0. The Morgan fingerprint density at radius 1 is 1.22 bits per heavy atom. The van der Waals surface area contributed by atoms with Crippen LogP contribution in [0.1, 0.15) is 36.3 Å². The summed E-state index contributed by atoms with van der Waals surface area (Å²) in [5.41, 5.74) is 0. The molecule has 0 unspecified atom stereocenters. The van der Waals surface area contributed by atoms with E-state index in [2.05, 4.69) is 28.5 Å². The average molecular weight is 525 g/mol. The monoisotopic (exact) mass is 524 g/mol. The average Bonchev–Trinajstić information content (AvgIpc) is 3.59. The third kappa shape index (κ3) is 4.71. The Labute approximate surface area is 209 Å². The molecule has 2 aliphatic rings. The topological polar surface area (TPSA) is 112 Å². The molecule has 0 aromatic carbocycles. The zero-order valence-corrected chi connectivity index (χ0v) is 20.6. The second-order valence-electron chi connectivity index (χ2n) is 8.99. The van der Waals surface area contributed by atoms with Gasteiger partial charge >= 0.3 is 6.18 Å². The summed E-state index contributed by atoms with van der Waals surface area (Å²) in [6.45, 7) is 3.85. The maximum absolute atomic E-state index is 13.3. The largest absolute Gasteiger partial charge is 0.451 e. The number of aryl methyl sites for hydroxylation is 1. The van der Waals surface area contributed by atoms with Crippen LogP contribution in [0.4, 0.5) is 24.9 Å². The Hall–Kier alpha value is -3.00. The van der Waals surface area contributed by atoms with Crippen LogP contribution in [0.15, 0.2) is 6.07 Å². The van der Waals surface area contributed by atoms with E-state index in [-0.39, 0.29) is 43.9 Å². The lowest BCUT2D eigenvalue weighted by molar-refractivity contribution is -0.147. The quantitative estimate of drug-likeness (QED) is 0.484. The molecular weight excluding hydrogens is 497 g/mol. The number of aliphatic hydroxyl groups excluding tert-OH is 1. The van der Waals surface area contributed by atoms with Gasteiger partial charge in [0.1, 0.15) is 10.6 Å². The van der Waals surface area contributed by atoms with Gasteiger partial charge in [-0.2, -0.15) is 18.2 Å². The van der Waals surface area contributed by atoms with Crippen LogP contribution < -0.4 is 15.1 Å². The first kappa shape index (κ1) is 24.7. The molecular formula is C22H27F3N8O2S. The molecule has 0 aliphatic carbocycles. The first-order valence-corrected chi connectivity index (χ1v) is 12.8. The number of halogens is 3. The molecule has 0 saturated carbocycles. The molecule has 2 N–H and O–H groups in total. The molecule has 2 aliphatic heterocycles. The lowest BCUT2D eigenvalue weighted by Gasteiger charge is -2.30. The highest BCUT2D eigenvalue weighted by molar-refractivity contribution is 7.18. The van der Waals surface area contributed by atoms with Crippen LogP contribution in [0.5, 0.6) is 0 Å². The van der Waals surface area contributed by atoms with Gasteiger partial charge in [-0.3, -0.25) is 4.79 Å². The molecule has 0 radical (unpaired) electrons. The minimum atomic E-state index is -4.55. The number of aliphatic hydroxyl groups is 1. The minimum absolute atomic E-state index is 0.0980. The molecule has 5 heterocycles. The van der Waals surface area contributed by atoms with Crippen LogP contribution in [-0.2, 0) is 30.5 Å². The molecule has 3 aromatic rings. The number of anilines is 2. The zero-order valence-electron chi connectivity index (χ0n) is 19.8. The number of thiophene rings is 1. The lowest BCUT2D eigenvalue weighted by atomic mass is 10.1. The Bertz CT molecular complexity index is 1260. The number of aromatic nitrogens is 5. The van der Waals surface area contributed by atoms with Crippen molar-refractivity contribution in [3.63, 3.8) is 0 Å². The molecule has 0 bridgehead atoms. The van der Waals surface area contributed by atoms with Gasteiger partial charge in [0.15, 0.2) is 5.82 Å².